The van der Waals surface area contributed by atoms with Crippen LogP contribution in [0.3, 0.4) is 0 Å². The maximum Gasteiger partial charge on any atom is 0.293 e. The summed E-state index contributed by atoms with van der Waals surface area (Å²) in [5, 5.41) is 15.6. The van der Waals surface area contributed by atoms with Crippen LogP contribution in [0, 0.1) is 6.92 Å². The van der Waals surface area contributed by atoms with Gasteiger partial charge < -0.3 is 11.1 Å². The van der Waals surface area contributed by atoms with Gasteiger partial charge in [-0.1, -0.05) is 12.1 Å². The quantitative estimate of drug-likeness (QED) is 0.559. The van der Waals surface area contributed by atoms with E-state index in [-0.39, 0.29) is 11.8 Å². The number of rotatable bonds is 3. The van der Waals surface area contributed by atoms with Gasteiger partial charge in [-0.05, 0) is 19.1 Å². The number of carbonyl (C=O) groups is 1. The molecule has 0 radical (unpaired) electrons. The Bertz CT molecular complexity index is 790. The lowest BCUT2D eigenvalue weighted by molar-refractivity contribution is 0.101. The molecule has 0 spiro atoms. The SMILES string of the molecule is Cc1nc(-c2ccccc2NC(=O)c2nc(N)n[nH]2)n[nH]1. The van der Waals surface area contributed by atoms with Crippen molar-refractivity contribution in [1.82, 2.24) is 30.4 Å². The molecule has 0 unspecified atom stereocenters. The number of aromatic nitrogens is 6. The van der Waals surface area contributed by atoms with E-state index in [4.69, 9.17) is 5.73 Å². The van der Waals surface area contributed by atoms with E-state index in [0.29, 0.717) is 22.9 Å². The lowest BCUT2D eigenvalue weighted by atomic mass is 10.1. The average Bonchev–Trinajstić information content (AvgIpc) is 3.08. The topological polar surface area (TPSA) is 138 Å². The van der Waals surface area contributed by atoms with Gasteiger partial charge in [-0.2, -0.15) is 10.1 Å². The zero-order chi connectivity index (χ0) is 14.8. The van der Waals surface area contributed by atoms with Crippen LogP contribution < -0.4 is 11.1 Å². The van der Waals surface area contributed by atoms with E-state index < -0.39 is 5.91 Å². The van der Waals surface area contributed by atoms with Crippen molar-refractivity contribution in [1.29, 1.82) is 0 Å². The van der Waals surface area contributed by atoms with Crippen molar-refractivity contribution in [3.05, 3.63) is 35.9 Å². The molecule has 0 atom stereocenters. The molecule has 3 aromatic rings. The largest absolute Gasteiger partial charge is 0.366 e. The van der Waals surface area contributed by atoms with Gasteiger partial charge in [0.15, 0.2) is 5.82 Å². The van der Waals surface area contributed by atoms with Crippen LogP contribution in [0.1, 0.15) is 16.4 Å². The van der Waals surface area contributed by atoms with Crippen molar-refractivity contribution < 1.29 is 4.79 Å². The van der Waals surface area contributed by atoms with E-state index in [2.05, 4.69) is 35.7 Å². The van der Waals surface area contributed by atoms with Gasteiger partial charge >= 0.3 is 0 Å². The van der Waals surface area contributed by atoms with Gasteiger partial charge in [0.1, 0.15) is 5.82 Å². The second kappa shape index (κ2) is 5.04. The van der Waals surface area contributed by atoms with Gasteiger partial charge in [-0.25, -0.2) is 4.98 Å². The van der Waals surface area contributed by atoms with E-state index in [1.165, 1.54) is 0 Å². The fourth-order valence-electron chi connectivity index (χ4n) is 1.81. The van der Waals surface area contributed by atoms with Crippen LogP contribution >= 0.6 is 0 Å². The zero-order valence-corrected chi connectivity index (χ0v) is 11.1. The molecule has 1 amide bonds. The molecule has 106 valence electrons. The predicted molar refractivity (Wildman–Crippen MR) is 75.3 cm³/mol. The number of benzene rings is 1. The predicted octanol–water partition coefficient (Wildman–Crippen LogP) is 0.733. The van der Waals surface area contributed by atoms with E-state index >= 15 is 0 Å². The number of H-pyrrole nitrogens is 2. The molecule has 0 bridgehead atoms. The Morgan fingerprint density at radius 2 is 2.00 bits per heavy atom. The highest BCUT2D eigenvalue weighted by atomic mass is 16.2. The van der Waals surface area contributed by atoms with Crippen LogP contribution in [0.4, 0.5) is 11.6 Å². The summed E-state index contributed by atoms with van der Waals surface area (Å²) in [6.07, 6.45) is 0. The highest BCUT2D eigenvalue weighted by molar-refractivity contribution is 6.03. The lowest BCUT2D eigenvalue weighted by Crippen LogP contribution is -2.14. The van der Waals surface area contributed by atoms with Crippen molar-refractivity contribution >= 4 is 17.5 Å². The van der Waals surface area contributed by atoms with Gasteiger partial charge in [0.2, 0.25) is 11.8 Å². The molecule has 9 nitrogen and oxygen atoms in total. The molecule has 0 aliphatic rings. The van der Waals surface area contributed by atoms with Crippen molar-refractivity contribution in [2.45, 2.75) is 6.92 Å². The summed E-state index contributed by atoms with van der Waals surface area (Å²) in [5.74, 6) is 0.792. The van der Waals surface area contributed by atoms with E-state index in [9.17, 15) is 4.79 Å². The molecule has 1 aromatic carbocycles. The van der Waals surface area contributed by atoms with Gasteiger partial charge in [-0.15, -0.1) is 5.10 Å². The number of para-hydroxylation sites is 1. The molecule has 0 aliphatic carbocycles. The molecule has 0 saturated heterocycles. The number of aromatic amines is 2. The number of nitrogens with one attached hydrogen (secondary N) is 3. The molecule has 21 heavy (non-hydrogen) atoms. The Hall–Kier alpha value is -3.23. The molecule has 0 saturated carbocycles. The van der Waals surface area contributed by atoms with Gasteiger partial charge in [0.05, 0.1) is 5.69 Å². The summed E-state index contributed by atoms with van der Waals surface area (Å²) in [7, 11) is 0. The summed E-state index contributed by atoms with van der Waals surface area (Å²) in [6, 6.07) is 7.20. The van der Waals surface area contributed by atoms with E-state index in [1.807, 2.05) is 12.1 Å². The molecule has 2 heterocycles. The molecule has 5 N–H and O–H groups in total. The Labute approximate surface area is 119 Å². The number of aryl methyl sites for hydroxylation is 1. The molecule has 2 aromatic heterocycles. The van der Waals surface area contributed by atoms with Gasteiger partial charge in [-0.3, -0.25) is 15.0 Å². The van der Waals surface area contributed by atoms with Crippen LogP contribution in [0.2, 0.25) is 0 Å². The second-order valence-corrected chi connectivity index (χ2v) is 4.29. The minimum Gasteiger partial charge on any atom is -0.366 e. The monoisotopic (exact) mass is 284 g/mol. The summed E-state index contributed by atoms with van der Waals surface area (Å²) >= 11 is 0. The van der Waals surface area contributed by atoms with Crippen molar-refractivity contribution in [3.63, 3.8) is 0 Å². The Morgan fingerprint density at radius 1 is 1.19 bits per heavy atom. The summed E-state index contributed by atoms with van der Waals surface area (Å²) in [4.78, 5) is 20.1. The molecular formula is C12H12N8O. The highest BCUT2D eigenvalue weighted by Crippen LogP contribution is 2.25. The molecule has 0 aliphatic heterocycles. The Morgan fingerprint density at radius 3 is 2.67 bits per heavy atom. The zero-order valence-electron chi connectivity index (χ0n) is 11.1. The maximum absolute atomic E-state index is 12.1. The maximum atomic E-state index is 12.1. The third kappa shape index (κ3) is 2.56. The molecule has 9 heteroatoms. The number of hydrogen-bond acceptors (Lipinski definition) is 6. The summed E-state index contributed by atoms with van der Waals surface area (Å²) < 4.78 is 0. The van der Waals surface area contributed by atoms with Crippen LogP contribution in [0.5, 0.6) is 0 Å². The second-order valence-electron chi connectivity index (χ2n) is 4.29. The van der Waals surface area contributed by atoms with Crippen LogP contribution in [0.15, 0.2) is 24.3 Å². The van der Waals surface area contributed by atoms with Crippen molar-refractivity contribution in [2.75, 3.05) is 11.1 Å². The average molecular weight is 284 g/mol. The number of amides is 1. The minimum atomic E-state index is -0.445. The van der Waals surface area contributed by atoms with Crippen molar-refractivity contribution in [3.8, 4) is 11.4 Å². The number of nitrogen functional groups attached to an aromatic ring is 1. The lowest BCUT2D eigenvalue weighted by Gasteiger charge is -2.07. The molecular weight excluding hydrogens is 272 g/mol. The Balaban J connectivity index is 1.91. The van der Waals surface area contributed by atoms with Gasteiger partial charge in [0.25, 0.3) is 5.91 Å². The molecule has 3 rings (SSSR count). The van der Waals surface area contributed by atoms with Gasteiger partial charge in [0, 0.05) is 5.56 Å². The third-order valence-electron chi connectivity index (χ3n) is 2.73. The Kier molecular flexibility index (Phi) is 3.07. The standard InChI is InChI=1S/C12H12N8O/c1-6-14-9(18-17-6)7-4-2-3-5-8(7)15-11(21)10-16-12(13)20-19-10/h2-5H,1H3,(H,15,21)(H,14,17,18)(H3,13,16,19,20). The fourth-order valence-corrected chi connectivity index (χ4v) is 1.81. The van der Waals surface area contributed by atoms with E-state index in [1.54, 1.807) is 19.1 Å². The van der Waals surface area contributed by atoms with Crippen LogP contribution in [-0.4, -0.2) is 36.3 Å². The first-order chi connectivity index (χ1) is 10.1. The van der Waals surface area contributed by atoms with Crippen molar-refractivity contribution in [2.24, 2.45) is 0 Å². The normalized spacial score (nSPS) is 10.5. The summed E-state index contributed by atoms with van der Waals surface area (Å²) in [5.41, 5.74) is 6.64. The molecule has 0 fully saturated rings. The number of carbonyl (C=O) groups excluding carboxylic acids is 1. The van der Waals surface area contributed by atoms with Crippen LogP contribution in [0.25, 0.3) is 11.4 Å². The first-order valence-electron chi connectivity index (χ1n) is 6.11. The van der Waals surface area contributed by atoms with E-state index in [0.717, 1.165) is 0 Å². The number of hydrogen-bond donors (Lipinski definition) is 4. The minimum absolute atomic E-state index is 0.0121. The summed E-state index contributed by atoms with van der Waals surface area (Å²) in [6.45, 7) is 1.80. The number of nitrogens with two attached hydrogens (primary N) is 1. The van der Waals surface area contributed by atoms with Crippen LogP contribution in [-0.2, 0) is 0 Å². The highest BCUT2D eigenvalue weighted by Gasteiger charge is 2.15. The fraction of sp³-hybridized carbons (Fsp3) is 0.0833. The number of anilines is 2. The smallest absolute Gasteiger partial charge is 0.293 e. The first kappa shape index (κ1) is 12.8. The number of nitrogens with zero attached hydrogens (tertiary/aromatic N) is 4. The third-order valence-corrected chi connectivity index (χ3v) is 2.73. The first-order valence-corrected chi connectivity index (χ1v) is 6.11.